The highest BCUT2D eigenvalue weighted by molar-refractivity contribution is 7.91. The van der Waals surface area contributed by atoms with Crippen LogP contribution < -0.4 is 19.5 Å². The predicted molar refractivity (Wildman–Crippen MR) is 183 cm³/mol. The topological polar surface area (TPSA) is 147 Å². The molecule has 3 fully saturated rings. The van der Waals surface area contributed by atoms with Gasteiger partial charge in [-0.25, -0.2) is 18.2 Å². The Morgan fingerprint density at radius 3 is 2.63 bits per heavy atom. The molecule has 7 rings (SSSR count). The molecule has 3 heterocycles. The van der Waals surface area contributed by atoms with Gasteiger partial charge in [0.1, 0.15) is 23.4 Å². The number of sulfonamides is 1. The molecule has 1 aromatic heterocycles. The second kappa shape index (κ2) is 13.0. The zero-order chi connectivity index (χ0) is 34.3. The van der Waals surface area contributed by atoms with Crippen LogP contribution in [-0.4, -0.2) is 91.2 Å². The number of amides is 4. The maximum absolute atomic E-state index is 14.1. The molecule has 2 aromatic carbocycles. The number of carbonyl (C=O) groups is 3. The van der Waals surface area contributed by atoms with Gasteiger partial charge in [0, 0.05) is 36.9 Å². The van der Waals surface area contributed by atoms with Gasteiger partial charge in [-0.1, -0.05) is 42.5 Å². The van der Waals surface area contributed by atoms with E-state index in [2.05, 4.69) is 10.0 Å². The average Bonchev–Trinajstić information content (AvgIpc) is 4.02. The molecular weight excluding hydrogens is 646 g/mol. The fourth-order valence-electron chi connectivity index (χ4n) is 6.83. The second-order valence-electron chi connectivity index (χ2n) is 13.5. The first-order chi connectivity index (χ1) is 23.6. The first kappa shape index (κ1) is 32.9. The standard InChI is InChI=1S/C36H41N5O7S/c1-40-17-9-4-3-8-12-25-21-36(25,34(43)39-49(45,46)28-14-15-28)38-32(42)31-20-27(22-41(31)35(40)44)48-33-29-16-13-26(47-2)18-24(29)19-30(37-33)23-10-6-5-7-11-23/h5-8,10-13,16,18-19,25,27-28,31H,3-4,9,14-15,17,20-22H2,1-2H3,(H,38,42)(H,39,43)/t25-,27-,31+,36-/m1/s1. The molecule has 2 N–H and O–H groups in total. The van der Waals surface area contributed by atoms with Crippen molar-refractivity contribution in [3.8, 4) is 22.9 Å². The van der Waals surface area contributed by atoms with Crippen molar-refractivity contribution in [1.29, 1.82) is 0 Å². The van der Waals surface area contributed by atoms with Crippen molar-refractivity contribution >= 4 is 38.6 Å². The number of methoxy groups -OCH3 is 1. The molecule has 4 aliphatic rings. The number of hydrogen-bond acceptors (Lipinski definition) is 8. The summed E-state index contributed by atoms with van der Waals surface area (Å²) in [5, 5.41) is 3.93. The van der Waals surface area contributed by atoms with Gasteiger partial charge in [0.2, 0.25) is 21.8 Å². The van der Waals surface area contributed by atoms with Gasteiger partial charge in [0.05, 0.1) is 24.6 Å². The molecule has 12 nitrogen and oxygen atoms in total. The molecule has 4 atom stereocenters. The van der Waals surface area contributed by atoms with E-state index in [0.29, 0.717) is 36.7 Å². The molecule has 0 radical (unpaired) electrons. The van der Waals surface area contributed by atoms with Crippen molar-refractivity contribution in [2.24, 2.45) is 5.92 Å². The molecule has 13 heteroatoms. The van der Waals surface area contributed by atoms with Crippen molar-refractivity contribution in [3.63, 3.8) is 0 Å². The van der Waals surface area contributed by atoms with Crippen LogP contribution in [0.3, 0.4) is 0 Å². The first-order valence-electron chi connectivity index (χ1n) is 16.9. The van der Waals surface area contributed by atoms with Gasteiger partial charge in [-0.2, -0.15) is 0 Å². The Balaban J connectivity index is 1.19. The van der Waals surface area contributed by atoms with Gasteiger partial charge in [-0.15, -0.1) is 0 Å². The minimum absolute atomic E-state index is 0.120. The highest BCUT2D eigenvalue weighted by Gasteiger charge is 2.62. The van der Waals surface area contributed by atoms with Crippen LogP contribution in [0, 0.1) is 5.92 Å². The largest absolute Gasteiger partial charge is 0.497 e. The molecule has 258 valence electrons. The Morgan fingerprint density at radius 1 is 1.08 bits per heavy atom. The van der Waals surface area contributed by atoms with Crippen molar-refractivity contribution in [1.82, 2.24) is 24.8 Å². The summed E-state index contributed by atoms with van der Waals surface area (Å²) in [6, 6.07) is 16.0. The van der Waals surface area contributed by atoms with Gasteiger partial charge in [-0.05, 0) is 68.2 Å². The third-order valence-corrected chi connectivity index (χ3v) is 11.8. The Bertz CT molecular complexity index is 1920. The molecule has 3 aromatic rings. The Morgan fingerprint density at radius 2 is 1.88 bits per heavy atom. The van der Waals surface area contributed by atoms with Gasteiger partial charge in [0.15, 0.2) is 0 Å². The normalized spacial score (nSPS) is 26.0. The SMILES string of the molecule is COc1ccc2c(O[C@@H]3C[C@H]4C(=O)N[C@]5(C(=O)NS(=O)(=O)C6CC6)C[C@H]5C=CCCCCN(C)C(=O)N4C3)nc(-c3ccccc3)cc2c1. The number of benzene rings is 2. The number of carbonyl (C=O) groups excluding carboxylic acids is 3. The summed E-state index contributed by atoms with van der Waals surface area (Å²) in [5.74, 6) is -0.576. The van der Waals surface area contributed by atoms with E-state index in [1.807, 2.05) is 66.7 Å². The van der Waals surface area contributed by atoms with E-state index in [1.54, 1.807) is 19.1 Å². The molecule has 0 spiro atoms. The minimum atomic E-state index is -3.83. The van der Waals surface area contributed by atoms with Crippen LogP contribution in [0.4, 0.5) is 4.79 Å². The van der Waals surface area contributed by atoms with Crippen LogP contribution in [0.1, 0.15) is 44.9 Å². The third kappa shape index (κ3) is 6.68. The summed E-state index contributed by atoms with van der Waals surface area (Å²) in [5.41, 5.74) is 0.181. The maximum atomic E-state index is 14.1. The number of pyridine rings is 1. The lowest BCUT2D eigenvalue weighted by Crippen LogP contribution is -2.57. The molecule has 49 heavy (non-hydrogen) atoms. The highest BCUT2D eigenvalue weighted by atomic mass is 32.2. The van der Waals surface area contributed by atoms with E-state index in [4.69, 9.17) is 14.5 Å². The van der Waals surface area contributed by atoms with Gasteiger partial charge in [0.25, 0.3) is 5.91 Å². The number of urea groups is 1. The smallest absolute Gasteiger partial charge is 0.320 e. The Hall–Kier alpha value is -4.65. The molecule has 1 saturated heterocycles. The maximum Gasteiger partial charge on any atom is 0.320 e. The van der Waals surface area contributed by atoms with Crippen LogP contribution in [-0.2, 0) is 19.6 Å². The first-order valence-corrected chi connectivity index (χ1v) is 18.4. The van der Waals surface area contributed by atoms with Crippen LogP contribution in [0.15, 0.2) is 66.7 Å². The molecule has 2 aliphatic heterocycles. The lowest BCUT2D eigenvalue weighted by molar-refractivity contribution is -0.131. The molecule has 0 unspecified atom stereocenters. The number of ether oxygens (including phenoxy) is 2. The van der Waals surface area contributed by atoms with Crippen molar-refractivity contribution in [2.75, 3.05) is 27.2 Å². The van der Waals surface area contributed by atoms with Gasteiger partial charge < -0.3 is 24.6 Å². The Labute approximate surface area is 285 Å². The summed E-state index contributed by atoms with van der Waals surface area (Å²) in [4.78, 5) is 49.5. The van der Waals surface area contributed by atoms with E-state index in [1.165, 1.54) is 4.90 Å². The number of nitrogens with zero attached hydrogens (tertiary/aromatic N) is 3. The average molecular weight is 688 g/mol. The zero-order valence-corrected chi connectivity index (χ0v) is 28.4. The number of fused-ring (bicyclic) bond motifs is 3. The summed E-state index contributed by atoms with van der Waals surface area (Å²) in [6.07, 6.45) is 7.04. The second-order valence-corrected chi connectivity index (χ2v) is 15.4. The molecule has 0 bridgehead atoms. The van der Waals surface area contributed by atoms with Crippen LogP contribution >= 0.6 is 0 Å². The van der Waals surface area contributed by atoms with Crippen LogP contribution in [0.2, 0.25) is 0 Å². The molecule has 4 amide bonds. The molecule has 2 aliphatic carbocycles. The van der Waals surface area contributed by atoms with Crippen LogP contribution in [0.5, 0.6) is 11.6 Å². The highest BCUT2D eigenvalue weighted by Crippen LogP contribution is 2.46. The van der Waals surface area contributed by atoms with E-state index < -0.39 is 44.8 Å². The lowest BCUT2D eigenvalue weighted by Gasteiger charge is -2.30. The number of rotatable bonds is 7. The number of allylic oxidation sites excluding steroid dienone is 1. The monoisotopic (exact) mass is 687 g/mol. The van der Waals surface area contributed by atoms with Crippen molar-refractivity contribution in [3.05, 3.63) is 66.7 Å². The van der Waals surface area contributed by atoms with Crippen LogP contribution in [0.25, 0.3) is 22.0 Å². The fraction of sp³-hybridized carbons (Fsp3) is 0.444. The summed E-state index contributed by atoms with van der Waals surface area (Å²) in [6.45, 7) is 0.639. The van der Waals surface area contributed by atoms with E-state index in [-0.39, 0.29) is 31.3 Å². The Kier molecular flexibility index (Phi) is 8.72. The van der Waals surface area contributed by atoms with Crippen molar-refractivity contribution in [2.45, 2.75) is 67.9 Å². The minimum Gasteiger partial charge on any atom is -0.497 e. The molecule has 2 saturated carbocycles. The van der Waals surface area contributed by atoms with Crippen molar-refractivity contribution < 1.29 is 32.3 Å². The molecular formula is C36H41N5O7S. The third-order valence-electron chi connectivity index (χ3n) is 9.94. The summed E-state index contributed by atoms with van der Waals surface area (Å²) < 4.78 is 39.7. The lowest BCUT2D eigenvalue weighted by atomic mass is 10.1. The zero-order valence-electron chi connectivity index (χ0n) is 27.6. The number of aromatic nitrogens is 1. The summed E-state index contributed by atoms with van der Waals surface area (Å²) in [7, 11) is -0.508. The summed E-state index contributed by atoms with van der Waals surface area (Å²) >= 11 is 0. The van der Waals surface area contributed by atoms with E-state index in [9.17, 15) is 22.8 Å². The fourth-order valence-corrected chi connectivity index (χ4v) is 8.20. The quantitative estimate of drug-likeness (QED) is 0.355. The number of nitrogens with one attached hydrogen (secondary N) is 2. The number of hydrogen-bond donors (Lipinski definition) is 2. The van der Waals surface area contributed by atoms with E-state index >= 15 is 0 Å². The predicted octanol–water partition coefficient (Wildman–Crippen LogP) is 4.01. The van der Waals surface area contributed by atoms with Gasteiger partial charge >= 0.3 is 6.03 Å². The van der Waals surface area contributed by atoms with Gasteiger partial charge in [-0.3, -0.25) is 14.3 Å². The van der Waals surface area contributed by atoms with E-state index in [0.717, 1.165) is 35.6 Å².